The van der Waals surface area contributed by atoms with E-state index in [0.717, 1.165) is 0 Å². The fourth-order valence-electron chi connectivity index (χ4n) is 5.40. The topological polar surface area (TPSA) is 0 Å². The van der Waals surface area contributed by atoms with Gasteiger partial charge in [0.25, 0.3) is 0 Å². The van der Waals surface area contributed by atoms with Gasteiger partial charge in [0.15, 0.2) is 0 Å². The van der Waals surface area contributed by atoms with Gasteiger partial charge in [0.2, 0.25) is 0 Å². The first-order valence-electron chi connectivity index (χ1n) is 12.5. The van der Waals surface area contributed by atoms with Crippen LogP contribution in [0, 0.1) is 0 Å². The summed E-state index contributed by atoms with van der Waals surface area (Å²) in [5.74, 6) is 0. The Morgan fingerprint density at radius 1 is 0.545 bits per heavy atom. The maximum atomic E-state index is 2.44. The molecule has 0 saturated carbocycles. The molecule has 0 unspecified atom stereocenters. The van der Waals surface area contributed by atoms with Gasteiger partial charge in [0.1, 0.15) is 0 Å². The molecule has 0 amide bonds. The van der Waals surface area contributed by atoms with Crippen molar-refractivity contribution in [1.29, 1.82) is 0 Å². The van der Waals surface area contributed by atoms with Crippen LogP contribution in [0.5, 0.6) is 0 Å². The summed E-state index contributed by atoms with van der Waals surface area (Å²) >= 11 is 3.86. The van der Waals surface area contributed by atoms with Crippen molar-refractivity contribution in [2.24, 2.45) is 0 Å². The summed E-state index contributed by atoms with van der Waals surface area (Å²) in [6, 6.07) is 23.3. The fraction of sp³-hybridized carbons (Fsp3) is 0.290. The SMILES string of the molecule is CCCCCCCCCc1cc2ccc3c4ccc5c(ccc6ccsc65)c4ccc3c2s1. The molecule has 4 aromatic carbocycles. The van der Waals surface area contributed by atoms with Crippen LogP contribution in [-0.4, -0.2) is 0 Å². The molecule has 0 saturated heterocycles. The zero-order valence-corrected chi connectivity index (χ0v) is 21.0. The predicted molar refractivity (Wildman–Crippen MR) is 151 cm³/mol. The lowest BCUT2D eigenvalue weighted by Gasteiger charge is -2.09. The molecule has 0 fully saturated rings. The van der Waals surface area contributed by atoms with Gasteiger partial charge in [-0.3, -0.25) is 0 Å². The molecule has 2 aromatic heterocycles. The van der Waals surface area contributed by atoms with E-state index < -0.39 is 0 Å². The number of hydrogen-bond acceptors (Lipinski definition) is 2. The minimum Gasteiger partial charge on any atom is -0.143 e. The van der Waals surface area contributed by atoms with Crippen LogP contribution in [0.4, 0.5) is 0 Å². The molecule has 0 aliphatic rings. The predicted octanol–water partition coefficient (Wildman–Crippen LogP) is 10.9. The Balaban J connectivity index is 1.34. The zero-order chi connectivity index (χ0) is 22.2. The molecule has 0 aliphatic heterocycles. The molecule has 2 heterocycles. The van der Waals surface area contributed by atoms with E-state index in [1.165, 1.54) is 104 Å². The van der Waals surface area contributed by atoms with Crippen LogP contribution in [-0.2, 0) is 6.42 Å². The zero-order valence-electron chi connectivity index (χ0n) is 19.3. The fourth-order valence-corrected chi connectivity index (χ4v) is 7.55. The van der Waals surface area contributed by atoms with E-state index in [9.17, 15) is 0 Å². The normalized spacial score (nSPS) is 12.2. The third-order valence-electron chi connectivity index (χ3n) is 7.17. The standard InChI is InChI=1S/C31H30S2/c1-2-3-4-5-6-7-8-9-23-20-22-11-13-27-25-14-16-28-26(12-10-21-18-19-32-30(21)28)24(25)15-17-29(27)31(22)33-23/h10-20H,2-9H2,1H3. The largest absolute Gasteiger partial charge is 0.143 e. The second-order valence-corrected chi connectivity index (χ2v) is 11.4. The monoisotopic (exact) mass is 466 g/mol. The Morgan fingerprint density at radius 3 is 1.88 bits per heavy atom. The number of fused-ring (bicyclic) bond motifs is 9. The number of thiophene rings is 2. The molecule has 0 bridgehead atoms. The molecule has 0 nitrogen and oxygen atoms in total. The maximum Gasteiger partial charge on any atom is 0.0424 e. The van der Waals surface area contributed by atoms with E-state index in [2.05, 4.69) is 73.0 Å². The summed E-state index contributed by atoms with van der Waals surface area (Å²) in [4.78, 5) is 1.55. The van der Waals surface area contributed by atoms with Gasteiger partial charge < -0.3 is 0 Å². The first-order valence-corrected chi connectivity index (χ1v) is 14.2. The lowest BCUT2D eigenvalue weighted by molar-refractivity contribution is 0.590. The van der Waals surface area contributed by atoms with Gasteiger partial charge in [-0.2, -0.15) is 0 Å². The van der Waals surface area contributed by atoms with Crippen LogP contribution in [0.25, 0.3) is 52.5 Å². The lowest BCUT2D eigenvalue weighted by atomic mass is 9.96. The van der Waals surface area contributed by atoms with Crippen LogP contribution >= 0.6 is 22.7 Å². The smallest absolute Gasteiger partial charge is 0.0424 e. The Kier molecular flexibility index (Phi) is 5.82. The number of unbranched alkanes of at least 4 members (excludes halogenated alkanes) is 6. The van der Waals surface area contributed by atoms with E-state index in [4.69, 9.17) is 0 Å². The van der Waals surface area contributed by atoms with Gasteiger partial charge in [0.05, 0.1) is 0 Å². The van der Waals surface area contributed by atoms with Gasteiger partial charge in [-0.15, -0.1) is 22.7 Å². The van der Waals surface area contributed by atoms with Crippen molar-refractivity contribution in [3.05, 3.63) is 70.9 Å². The van der Waals surface area contributed by atoms with Crippen molar-refractivity contribution in [3.63, 3.8) is 0 Å². The van der Waals surface area contributed by atoms with E-state index in [1.807, 2.05) is 22.7 Å². The van der Waals surface area contributed by atoms with Crippen molar-refractivity contribution in [3.8, 4) is 0 Å². The molecule has 6 rings (SSSR count). The van der Waals surface area contributed by atoms with Crippen molar-refractivity contribution in [1.82, 2.24) is 0 Å². The molecule has 33 heavy (non-hydrogen) atoms. The third-order valence-corrected chi connectivity index (χ3v) is 9.37. The molecule has 0 atom stereocenters. The first-order chi connectivity index (χ1) is 16.3. The molecular weight excluding hydrogens is 436 g/mol. The van der Waals surface area contributed by atoms with Crippen molar-refractivity contribution < 1.29 is 0 Å². The molecular formula is C31H30S2. The summed E-state index contributed by atoms with van der Waals surface area (Å²) in [6.07, 6.45) is 10.9. The minimum absolute atomic E-state index is 1.23. The lowest BCUT2D eigenvalue weighted by Crippen LogP contribution is -1.82. The molecule has 0 aliphatic carbocycles. The Morgan fingerprint density at radius 2 is 1.12 bits per heavy atom. The van der Waals surface area contributed by atoms with Gasteiger partial charge in [-0.05, 0) is 62.7 Å². The minimum atomic E-state index is 1.23. The summed E-state index contributed by atoms with van der Waals surface area (Å²) in [5, 5.41) is 13.2. The van der Waals surface area contributed by atoms with Crippen LogP contribution < -0.4 is 0 Å². The average molecular weight is 467 g/mol. The van der Waals surface area contributed by atoms with E-state index in [0.29, 0.717) is 0 Å². The van der Waals surface area contributed by atoms with Gasteiger partial charge in [-0.1, -0.05) is 94.0 Å². The van der Waals surface area contributed by atoms with Crippen LogP contribution in [0.2, 0.25) is 0 Å². The van der Waals surface area contributed by atoms with Gasteiger partial charge in [0, 0.05) is 25.0 Å². The van der Waals surface area contributed by atoms with E-state index >= 15 is 0 Å². The van der Waals surface area contributed by atoms with Crippen LogP contribution in [0.1, 0.15) is 56.7 Å². The first kappa shape index (κ1) is 21.1. The van der Waals surface area contributed by atoms with Crippen LogP contribution in [0.3, 0.4) is 0 Å². The number of rotatable bonds is 8. The Bertz CT molecular complexity index is 1580. The molecule has 2 heteroatoms. The quantitative estimate of drug-likeness (QED) is 0.154. The molecule has 0 N–H and O–H groups in total. The van der Waals surface area contributed by atoms with Crippen molar-refractivity contribution >= 4 is 75.2 Å². The highest BCUT2D eigenvalue weighted by Crippen LogP contribution is 2.40. The third kappa shape index (κ3) is 3.84. The molecule has 166 valence electrons. The summed E-state index contributed by atoms with van der Waals surface area (Å²) in [7, 11) is 0. The average Bonchev–Trinajstić information content (AvgIpc) is 3.49. The summed E-state index contributed by atoms with van der Waals surface area (Å²) in [6.45, 7) is 2.29. The number of hydrogen-bond donors (Lipinski definition) is 0. The van der Waals surface area contributed by atoms with Crippen molar-refractivity contribution in [2.75, 3.05) is 0 Å². The highest BCUT2D eigenvalue weighted by Gasteiger charge is 2.11. The van der Waals surface area contributed by atoms with Gasteiger partial charge in [-0.25, -0.2) is 0 Å². The maximum absolute atomic E-state index is 2.44. The van der Waals surface area contributed by atoms with E-state index in [-0.39, 0.29) is 0 Å². The van der Waals surface area contributed by atoms with E-state index in [1.54, 1.807) is 4.88 Å². The summed E-state index contributed by atoms with van der Waals surface area (Å²) < 4.78 is 2.86. The van der Waals surface area contributed by atoms with Gasteiger partial charge >= 0.3 is 0 Å². The molecule has 0 spiro atoms. The Hall–Kier alpha value is -2.42. The Labute approximate surface area is 203 Å². The van der Waals surface area contributed by atoms with Crippen molar-refractivity contribution in [2.45, 2.75) is 58.3 Å². The van der Waals surface area contributed by atoms with Crippen LogP contribution in [0.15, 0.2) is 66.0 Å². The molecule has 0 radical (unpaired) electrons. The highest BCUT2D eigenvalue weighted by molar-refractivity contribution is 7.20. The highest BCUT2D eigenvalue weighted by atomic mass is 32.1. The number of benzene rings is 4. The second-order valence-electron chi connectivity index (χ2n) is 9.39. The molecule has 6 aromatic rings. The second kappa shape index (κ2) is 9.08. The number of aryl methyl sites for hydroxylation is 1. The summed E-state index contributed by atoms with van der Waals surface area (Å²) in [5.41, 5.74) is 0.